The summed E-state index contributed by atoms with van der Waals surface area (Å²) in [7, 11) is 2.92. The maximum Gasteiger partial charge on any atom is 0.337 e. The highest BCUT2D eigenvalue weighted by molar-refractivity contribution is 8.00. The number of nitrogens with zero attached hydrogens (tertiary/aromatic N) is 6. The number of hydrogen-bond donors (Lipinski definition) is 2. The molecule has 1 fully saturated rings. The summed E-state index contributed by atoms with van der Waals surface area (Å²) in [6, 6.07) is 12.0. The molecule has 6 aromatic rings. The first-order valence-electron chi connectivity index (χ1n) is 18.5. The number of fused-ring (bicyclic) bond motifs is 1. The van der Waals surface area contributed by atoms with Gasteiger partial charge in [-0.1, -0.05) is 18.2 Å². The summed E-state index contributed by atoms with van der Waals surface area (Å²) in [5, 5.41) is 2.70. The van der Waals surface area contributed by atoms with Crippen LogP contribution in [-0.2, 0) is 32.5 Å². The van der Waals surface area contributed by atoms with E-state index in [0.29, 0.717) is 29.2 Å². The molecule has 0 unspecified atom stereocenters. The Kier molecular flexibility index (Phi) is 12.8. The van der Waals surface area contributed by atoms with E-state index in [2.05, 4.69) is 30.0 Å². The third kappa shape index (κ3) is 9.35. The number of hydrogen-bond acceptors (Lipinski definition) is 13. The van der Waals surface area contributed by atoms with Crippen molar-refractivity contribution < 1.29 is 32.6 Å². The Morgan fingerprint density at radius 2 is 1.69 bits per heavy atom. The number of anilines is 1. The van der Waals surface area contributed by atoms with Crippen molar-refractivity contribution in [2.24, 2.45) is 7.05 Å². The molecule has 4 aromatic heterocycles. The molecule has 0 bridgehead atoms. The van der Waals surface area contributed by atoms with Crippen molar-refractivity contribution in [3.05, 3.63) is 135 Å². The molecule has 7 rings (SSSR count). The number of aryl methyl sites for hydroxylation is 1. The normalized spacial score (nSPS) is 13.6. The van der Waals surface area contributed by atoms with Crippen LogP contribution in [0.1, 0.15) is 40.5 Å². The topological polar surface area (TPSA) is 181 Å². The van der Waals surface area contributed by atoms with Crippen molar-refractivity contribution in [2.45, 2.75) is 36.1 Å². The van der Waals surface area contributed by atoms with Crippen LogP contribution in [0.25, 0.3) is 27.8 Å². The summed E-state index contributed by atoms with van der Waals surface area (Å²) in [5.74, 6) is -2.78. The molecule has 304 valence electrons. The van der Waals surface area contributed by atoms with Crippen molar-refractivity contribution in [3.63, 3.8) is 0 Å². The molecule has 0 aliphatic carbocycles. The van der Waals surface area contributed by atoms with Crippen LogP contribution in [-0.4, -0.2) is 80.5 Å². The molecule has 1 saturated heterocycles. The molecule has 0 spiro atoms. The average molecular weight is 825 g/mol. The largest absolute Gasteiger partial charge is 0.462 e. The Morgan fingerprint density at radius 1 is 0.932 bits per heavy atom. The molecule has 5 heterocycles. The minimum atomic E-state index is -1.37. The van der Waals surface area contributed by atoms with Crippen LogP contribution in [0.4, 0.5) is 14.5 Å². The zero-order chi connectivity index (χ0) is 41.5. The van der Waals surface area contributed by atoms with Crippen LogP contribution in [0.5, 0.6) is 0 Å². The van der Waals surface area contributed by atoms with Gasteiger partial charge in [0.15, 0.2) is 0 Å². The molecular weight excluding hydrogens is 787 g/mol. The van der Waals surface area contributed by atoms with Gasteiger partial charge in [0.25, 0.3) is 11.5 Å². The predicted octanol–water partition coefficient (Wildman–Crippen LogP) is 4.76. The molecule has 18 heteroatoms. The van der Waals surface area contributed by atoms with Gasteiger partial charge in [-0.2, -0.15) is 0 Å². The van der Waals surface area contributed by atoms with E-state index in [1.807, 2.05) is 24.3 Å². The lowest BCUT2D eigenvalue weighted by Gasteiger charge is -2.20. The Morgan fingerprint density at radius 3 is 2.41 bits per heavy atom. The fourth-order valence-electron chi connectivity index (χ4n) is 6.44. The molecule has 1 atom stereocenters. The number of halogens is 2. The zero-order valence-corrected chi connectivity index (χ0v) is 32.7. The van der Waals surface area contributed by atoms with E-state index in [4.69, 9.17) is 14.2 Å². The Labute approximate surface area is 339 Å². The molecule has 15 nitrogen and oxygen atoms in total. The van der Waals surface area contributed by atoms with Gasteiger partial charge >= 0.3 is 11.7 Å². The van der Waals surface area contributed by atoms with E-state index in [1.165, 1.54) is 55.5 Å². The van der Waals surface area contributed by atoms with E-state index < -0.39 is 46.4 Å². The molecule has 0 radical (unpaired) electrons. The third-order valence-corrected chi connectivity index (χ3v) is 10.5. The second-order valence-electron chi connectivity index (χ2n) is 13.5. The van der Waals surface area contributed by atoms with Gasteiger partial charge < -0.3 is 24.2 Å². The molecule has 2 aromatic carbocycles. The summed E-state index contributed by atoms with van der Waals surface area (Å²) >= 11 is 1.05. The molecule has 2 N–H and O–H groups in total. The van der Waals surface area contributed by atoms with Crippen LogP contribution in [0.15, 0.2) is 100 Å². The van der Waals surface area contributed by atoms with Crippen LogP contribution in [0.3, 0.4) is 0 Å². The van der Waals surface area contributed by atoms with Crippen molar-refractivity contribution in [3.8, 4) is 16.9 Å². The summed E-state index contributed by atoms with van der Waals surface area (Å²) in [6.07, 6.45) is 9.35. The maximum absolute atomic E-state index is 15.4. The fraction of sp³-hybridized carbons (Fsp3) is 0.268. The number of methoxy groups -OCH3 is 1. The lowest BCUT2D eigenvalue weighted by Crippen LogP contribution is -2.44. The zero-order valence-electron chi connectivity index (χ0n) is 31.9. The summed E-state index contributed by atoms with van der Waals surface area (Å²) in [6.45, 7) is 1.35. The molecule has 1 amide bonds. The Bertz CT molecular complexity index is 2580. The predicted molar refractivity (Wildman–Crippen MR) is 214 cm³/mol. The lowest BCUT2D eigenvalue weighted by molar-refractivity contribution is -0.147. The Hall–Kier alpha value is -6.37. The number of amides is 1. The van der Waals surface area contributed by atoms with E-state index in [1.54, 1.807) is 12.4 Å². The number of carbonyl (C=O) groups is 2. The highest BCUT2D eigenvalue weighted by atomic mass is 32.2. The first kappa shape index (κ1) is 40.8. The summed E-state index contributed by atoms with van der Waals surface area (Å²) in [4.78, 5) is 70.9. The molecular formula is C41H38F2N8O7S. The summed E-state index contributed by atoms with van der Waals surface area (Å²) < 4.78 is 51.3. The van der Waals surface area contributed by atoms with Crippen LogP contribution < -0.4 is 21.3 Å². The molecule has 1 aliphatic heterocycles. The van der Waals surface area contributed by atoms with Crippen molar-refractivity contribution in [2.75, 3.05) is 38.3 Å². The Balaban J connectivity index is 1.01. The molecule has 1 aliphatic rings. The molecule has 59 heavy (non-hydrogen) atoms. The maximum atomic E-state index is 15.4. The third-order valence-electron chi connectivity index (χ3n) is 9.70. The van der Waals surface area contributed by atoms with E-state index >= 15 is 8.78 Å². The standard InChI is InChI=1S/C41H38F2N8O7S/c1-50-35-23-44-12-9-29(35)39(53)51(41(50)55)36-8-3-24(20-45-36)17-34(40(54)58-16-15-56-2)48-38(52)30-18-32(43)33(19-31(30)42)49-59-28-6-4-25(5-7-28)27-21-46-37(47-22-27)26-10-13-57-14-11-26/h3-9,12,18-23,26,34,49H,10-11,13-17H2,1-2H3,(H,48,52)/t34-/m0/s1. The second-order valence-corrected chi connectivity index (χ2v) is 14.4. The first-order chi connectivity index (χ1) is 28.6. The number of ether oxygens (including phenoxy) is 3. The van der Waals surface area contributed by atoms with E-state index in [9.17, 15) is 19.2 Å². The van der Waals surface area contributed by atoms with Gasteiger partial charge in [-0.05, 0) is 66.2 Å². The van der Waals surface area contributed by atoms with Gasteiger partial charge in [0.1, 0.15) is 35.9 Å². The number of pyridine rings is 2. The number of aromatic nitrogens is 6. The number of carbonyl (C=O) groups excluding carboxylic acids is 2. The van der Waals surface area contributed by atoms with Crippen molar-refractivity contribution in [1.82, 2.24) is 34.4 Å². The minimum Gasteiger partial charge on any atom is -0.462 e. The lowest BCUT2D eigenvalue weighted by atomic mass is 9.99. The minimum absolute atomic E-state index is 0.0183. The van der Waals surface area contributed by atoms with Gasteiger partial charge in [0.2, 0.25) is 0 Å². The van der Waals surface area contributed by atoms with Gasteiger partial charge in [0.05, 0.1) is 35.0 Å². The number of esters is 1. The second kappa shape index (κ2) is 18.5. The fourth-order valence-corrected chi connectivity index (χ4v) is 7.10. The van der Waals surface area contributed by atoms with Crippen molar-refractivity contribution in [1.29, 1.82) is 0 Å². The van der Waals surface area contributed by atoms with Crippen molar-refractivity contribution >= 4 is 40.4 Å². The van der Waals surface area contributed by atoms with Crippen LogP contribution in [0, 0.1) is 11.6 Å². The highest BCUT2D eigenvalue weighted by Gasteiger charge is 2.26. The van der Waals surface area contributed by atoms with Gasteiger partial charge in [-0.15, -0.1) is 0 Å². The average Bonchev–Trinajstić information content (AvgIpc) is 3.26. The monoisotopic (exact) mass is 824 g/mol. The smallest absolute Gasteiger partial charge is 0.337 e. The quantitative estimate of drug-likeness (QED) is 0.0873. The van der Waals surface area contributed by atoms with Gasteiger partial charge in [-0.25, -0.2) is 37.9 Å². The highest BCUT2D eigenvalue weighted by Crippen LogP contribution is 2.29. The number of rotatable bonds is 14. The van der Waals surface area contributed by atoms with E-state index in [0.717, 1.165) is 58.4 Å². The van der Waals surface area contributed by atoms with Gasteiger partial charge in [0, 0.05) is 81.0 Å². The van der Waals surface area contributed by atoms with Gasteiger partial charge in [-0.3, -0.25) is 19.1 Å². The number of benzene rings is 2. The first-order valence-corrected chi connectivity index (χ1v) is 19.3. The summed E-state index contributed by atoms with van der Waals surface area (Å²) in [5.41, 5.74) is 0.381. The van der Waals surface area contributed by atoms with Crippen LogP contribution in [0.2, 0.25) is 0 Å². The SMILES string of the molecule is COCCOC(=O)[C@H](Cc1ccc(-n2c(=O)c3ccncc3n(C)c2=O)nc1)NC(=O)c1cc(F)c(NSc2ccc(-c3cnc(C4CCOCC4)nc3)cc2)cc1F. The molecule has 0 saturated carbocycles. The number of nitrogens with one attached hydrogen (secondary N) is 2. The van der Waals surface area contributed by atoms with Crippen LogP contribution >= 0.6 is 11.9 Å². The van der Waals surface area contributed by atoms with E-state index in [-0.39, 0.29) is 42.4 Å².